The summed E-state index contributed by atoms with van der Waals surface area (Å²) in [6.07, 6.45) is 3.08. The minimum absolute atomic E-state index is 0.281. The molecule has 0 saturated heterocycles. The van der Waals surface area contributed by atoms with E-state index in [9.17, 15) is 4.79 Å². The fourth-order valence-corrected chi connectivity index (χ4v) is 1.99. The minimum atomic E-state index is -0.281. The van der Waals surface area contributed by atoms with Crippen LogP contribution in [0.15, 0.2) is 23.8 Å². The van der Waals surface area contributed by atoms with Gasteiger partial charge in [-0.05, 0) is 6.07 Å². The Morgan fingerprint density at radius 2 is 2.29 bits per heavy atom. The molecule has 88 valence electrons. The monoisotopic (exact) mass is 268 g/mol. The number of carbonyl (C=O) groups excluding carboxylic acids is 1. The average Bonchev–Trinajstić information content (AvgIpc) is 2.81. The van der Waals surface area contributed by atoms with Gasteiger partial charge in [-0.15, -0.1) is 11.3 Å². The summed E-state index contributed by atoms with van der Waals surface area (Å²) in [6.45, 7) is 0. The van der Waals surface area contributed by atoms with E-state index in [0.29, 0.717) is 21.5 Å². The minimum Gasteiger partial charge on any atom is -0.372 e. The quantitative estimate of drug-likeness (QED) is 0.897. The van der Waals surface area contributed by atoms with Crippen LogP contribution in [0, 0.1) is 0 Å². The SMILES string of the molecule is CNc1ncc(C(=O)Nc2nccs2)cc1Cl. The molecule has 0 aliphatic rings. The lowest BCUT2D eigenvalue weighted by molar-refractivity contribution is 0.102. The summed E-state index contributed by atoms with van der Waals surface area (Å²) in [7, 11) is 1.71. The van der Waals surface area contributed by atoms with Crippen molar-refractivity contribution in [1.29, 1.82) is 0 Å². The van der Waals surface area contributed by atoms with Gasteiger partial charge in [-0.2, -0.15) is 0 Å². The molecule has 5 nitrogen and oxygen atoms in total. The molecule has 0 saturated carbocycles. The van der Waals surface area contributed by atoms with Gasteiger partial charge in [0.05, 0.1) is 10.6 Å². The van der Waals surface area contributed by atoms with Crippen molar-refractivity contribution in [2.45, 2.75) is 0 Å². The van der Waals surface area contributed by atoms with Gasteiger partial charge in [-0.25, -0.2) is 9.97 Å². The van der Waals surface area contributed by atoms with Gasteiger partial charge in [0.25, 0.3) is 5.91 Å². The summed E-state index contributed by atoms with van der Waals surface area (Å²) >= 11 is 7.29. The lowest BCUT2D eigenvalue weighted by atomic mass is 10.2. The Labute approximate surface area is 107 Å². The van der Waals surface area contributed by atoms with E-state index < -0.39 is 0 Å². The van der Waals surface area contributed by atoms with Crippen molar-refractivity contribution in [2.24, 2.45) is 0 Å². The van der Waals surface area contributed by atoms with Gasteiger partial charge < -0.3 is 5.32 Å². The largest absolute Gasteiger partial charge is 0.372 e. The first-order chi connectivity index (χ1) is 8.20. The van der Waals surface area contributed by atoms with E-state index in [2.05, 4.69) is 20.6 Å². The topological polar surface area (TPSA) is 66.9 Å². The van der Waals surface area contributed by atoms with Gasteiger partial charge in [-0.3, -0.25) is 10.1 Å². The highest BCUT2D eigenvalue weighted by atomic mass is 35.5. The van der Waals surface area contributed by atoms with Crippen molar-refractivity contribution in [1.82, 2.24) is 9.97 Å². The number of hydrogen-bond donors (Lipinski definition) is 2. The van der Waals surface area contributed by atoms with Crippen molar-refractivity contribution in [3.63, 3.8) is 0 Å². The van der Waals surface area contributed by atoms with E-state index in [4.69, 9.17) is 11.6 Å². The predicted molar refractivity (Wildman–Crippen MR) is 68.9 cm³/mol. The van der Waals surface area contributed by atoms with Gasteiger partial charge in [0.1, 0.15) is 5.82 Å². The molecular formula is C10H9ClN4OS. The highest BCUT2D eigenvalue weighted by molar-refractivity contribution is 7.13. The van der Waals surface area contributed by atoms with E-state index in [-0.39, 0.29) is 5.91 Å². The molecule has 0 unspecified atom stereocenters. The molecule has 0 radical (unpaired) electrons. The first-order valence-electron chi connectivity index (χ1n) is 4.75. The number of amides is 1. The van der Waals surface area contributed by atoms with Gasteiger partial charge in [0.15, 0.2) is 5.13 Å². The molecular weight excluding hydrogens is 260 g/mol. The third kappa shape index (κ3) is 2.72. The number of pyridine rings is 1. The Balaban J connectivity index is 2.17. The van der Waals surface area contributed by atoms with Crippen LogP contribution >= 0.6 is 22.9 Å². The van der Waals surface area contributed by atoms with E-state index in [1.165, 1.54) is 17.5 Å². The number of nitrogens with zero attached hydrogens (tertiary/aromatic N) is 2. The van der Waals surface area contributed by atoms with Gasteiger partial charge >= 0.3 is 0 Å². The summed E-state index contributed by atoms with van der Waals surface area (Å²) in [5, 5.41) is 8.20. The maximum Gasteiger partial charge on any atom is 0.259 e. The Kier molecular flexibility index (Phi) is 3.55. The van der Waals surface area contributed by atoms with Gasteiger partial charge in [0, 0.05) is 24.8 Å². The van der Waals surface area contributed by atoms with Crippen LogP contribution in [0.1, 0.15) is 10.4 Å². The highest BCUT2D eigenvalue weighted by Crippen LogP contribution is 2.20. The van der Waals surface area contributed by atoms with Crippen LogP contribution < -0.4 is 10.6 Å². The fourth-order valence-electron chi connectivity index (χ4n) is 1.20. The fraction of sp³-hybridized carbons (Fsp3) is 0.100. The van der Waals surface area contributed by atoms with Crippen LogP contribution in [-0.2, 0) is 0 Å². The van der Waals surface area contributed by atoms with Gasteiger partial charge in [-0.1, -0.05) is 11.6 Å². The van der Waals surface area contributed by atoms with Crippen LogP contribution in [0.4, 0.5) is 10.9 Å². The van der Waals surface area contributed by atoms with E-state index in [0.717, 1.165) is 0 Å². The lowest BCUT2D eigenvalue weighted by Gasteiger charge is -2.05. The number of aromatic nitrogens is 2. The molecule has 0 atom stereocenters. The maximum atomic E-state index is 11.8. The van der Waals surface area contributed by atoms with E-state index in [1.54, 1.807) is 24.7 Å². The molecule has 1 amide bonds. The first-order valence-corrected chi connectivity index (χ1v) is 6.00. The molecule has 2 rings (SSSR count). The number of nitrogens with one attached hydrogen (secondary N) is 2. The molecule has 0 aromatic carbocycles. The third-order valence-electron chi connectivity index (χ3n) is 1.99. The van der Waals surface area contributed by atoms with Crippen LogP contribution in [0.25, 0.3) is 0 Å². The molecule has 0 fully saturated rings. The Hall–Kier alpha value is -1.66. The first kappa shape index (κ1) is 11.8. The molecule has 17 heavy (non-hydrogen) atoms. The molecule has 7 heteroatoms. The van der Waals surface area contributed by atoms with Crippen LogP contribution in [-0.4, -0.2) is 22.9 Å². The van der Waals surface area contributed by atoms with E-state index in [1.807, 2.05) is 0 Å². The number of thiazole rings is 1. The summed E-state index contributed by atoms with van der Waals surface area (Å²) in [5.41, 5.74) is 0.393. The molecule has 0 bridgehead atoms. The van der Waals surface area contributed by atoms with Crippen molar-refractivity contribution in [2.75, 3.05) is 17.7 Å². The van der Waals surface area contributed by atoms with Crippen molar-refractivity contribution >= 4 is 39.8 Å². The van der Waals surface area contributed by atoms with Crippen molar-refractivity contribution in [3.05, 3.63) is 34.4 Å². The second kappa shape index (κ2) is 5.11. The molecule has 2 heterocycles. The second-order valence-corrected chi connectivity index (χ2v) is 4.40. The Morgan fingerprint density at radius 3 is 2.88 bits per heavy atom. The molecule has 0 aliphatic carbocycles. The number of rotatable bonds is 3. The number of anilines is 2. The maximum absolute atomic E-state index is 11.8. The zero-order valence-electron chi connectivity index (χ0n) is 8.90. The van der Waals surface area contributed by atoms with Gasteiger partial charge in [0.2, 0.25) is 0 Å². The molecule has 2 N–H and O–H groups in total. The number of halogens is 1. The summed E-state index contributed by atoms with van der Waals surface area (Å²) in [6, 6.07) is 1.56. The standard InChI is InChI=1S/C10H9ClN4OS/c1-12-8-7(11)4-6(5-14-8)9(16)15-10-13-2-3-17-10/h2-5H,1H3,(H,12,14)(H,13,15,16). The zero-order valence-corrected chi connectivity index (χ0v) is 10.5. The van der Waals surface area contributed by atoms with Crippen molar-refractivity contribution in [3.8, 4) is 0 Å². The van der Waals surface area contributed by atoms with E-state index >= 15 is 0 Å². The third-order valence-corrected chi connectivity index (χ3v) is 2.97. The predicted octanol–water partition coefficient (Wildman–Crippen LogP) is 2.49. The second-order valence-electron chi connectivity index (χ2n) is 3.10. The van der Waals surface area contributed by atoms with Crippen LogP contribution in [0.5, 0.6) is 0 Å². The normalized spacial score (nSPS) is 10.0. The Morgan fingerprint density at radius 1 is 1.47 bits per heavy atom. The molecule has 2 aromatic rings. The summed E-state index contributed by atoms with van der Waals surface area (Å²) in [5.74, 6) is 0.259. The average molecular weight is 269 g/mol. The van der Waals surface area contributed by atoms with Crippen LogP contribution in [0.3, 0.4) is 0 Å². The van der Waals surface area contributed by atoms with Crippen LogP contribution in [0.2, 0.25) is 5.02 Å². The zero-order chi connectivity index (χ0) is 12.3. The lowest BCUT2D eigenvalue weighted by Crippen LogP contribution is -2.12. The number of carbonyl (C=O) groups is 1. The smallest absolute Gasteiger partial charge is 0.259 e. The molecule has 2 aromatic heterocycles. The summed E-state index contributed by atoms with van der Waals surface area (Å²) in [4.78, 5) is 19.8. The molecule has 0 aliphatic heterocycles. The summed E-state index contributed by atoms with van der Waals surface area (Å²) < 4.78 is 0. The Bertz CT molecular complexity index is 529. The number of hydrogen-bond acceptors (Lipinski definition) is 5. The van der Waals surface area contributed by atoms with Crippen molar-refractivity contribution < 1.29 is 4.79 Å². The molecule has 0 spiro atoms. The highest BCUT2D eigenvalue weighted by Gasteiger charge is 2.10.